The predicted octanol–water partition coefficient (Wildman–Crippen LogP) is 2.00. The molecule has 3 N–H and O–H groups in total. The van der Waals surface area contributed by atoms with Crippen LogP contribution in [0.15, 0.2) is 18.2 Å². The average molecular weight is 262 g/mol. The Hall–Kier alpha value is -1.55. The summed E-state index contributed by atoms with van der Waals surface area (Å²) in [6.07, 6.45) is 4.72. The first kappa shape index (κ1) is 13.9. The second-order valence-electron chi connectivity index (χ2n) is 5.15. The number of primary amides is 1. The summed E-state index contributed by atoms with van der Waals surface area (Å²) in [6.45, 7) is 3.68. The van der Waals surface area contributed by atoms with Crippen LogP contribution in [-0.4, -0.2) is 25.1 Å². The number of benzene rings is 1. The van der Waals surface area contributed by atoms with Crippen LogP contribution in [0.5, 0.6) is 5.75 Å². The highest BCUT2D eigenvalue weighted by molar-refractivity contribution is 5.95. The number of rotatable bonds is 5. The number of carbonyl (C=O) groups is 1. The maximum absolute atomic E-state index is 11.3. The Labute approximate surface area is 114 Å². The van der Waals surface area contributed by atoms with Crippen LogP contribution in [0.4, 0.5) is 0 Å². The minimum absolute atomic E-state index is 0.439. The molecule has 104 valence electrons. The highest BCUT2D eigenvalue weighted by Gasteiger charge is 2.14. The van der Waals surface area contributed by atoms with Gasteiger partial charge in [0.15, 0.2) is 0 Å². The first-order valence-electron chi connectivity index (χ1n) is 6.93. The number of carbonyl (C=O) groups excluding carboxylic acids is 1. The van der Waals surface area contributed by atoms with Gasteiger partial charge in [0, 0.05) is 6.04 Å². The standard InChI is InChI=1S/C15H22N2O2/c1-11-5-6-13(15(16)18)14(10-11)19-9-7-12-4-2-3-8-17-12/h5-6,10,12,17H,2-4,7-9H2,1H3,(H2,16,18). The van der Waals surface area contributed by atoms with E-state index in [1.54, 1.807) is 6.07 Å². The van der Waals surface area contributed by atoms with Gasteiger partial charge in [0.2, 0.25) is 0 Å². The molecule has 1 aliphatic heterocycles. The van der Waals surface area contributed by atoms with E-state index < -0.39 is 5.91 Å². The Morgan fingerprint density at radius 3 is 3.00 bits per heavy atom. The summed E-state index contributed by atoms with van der Waals surface area (Å²) >= 11 is 0. The van der Waals surface area contributed by atoms with E-state index in [2.05, 4.69) is 5.32 Å². The zero-order valence-corrected chi connectivity index (χ0v) is 11.4. The summed E-state index contributed by atoms with van der Waals surface area (Å²) in [5.74, 6) is 0.161. The predicted molar refractivity (Wildman–Crippen MR) is 75.5 cm³/mol. The number of hydrogen-bond acceptors (Lipinski definition) is 3. The molecule has 4 nitrogen and oxygen atoms in total. The molecule has 1 saturated heterocycles. The Kier molecular flexibility index (Phi) is 4.80. The second-order valence-corrected chi connectivity index (χ2v) is 5.15. The van der Waals surface area contributed by atoms with E-state index >= 15 is 0 Å². The molecule has 0 aromatic heterocycles. The lowest BCUT2D eigenvalue weighted by molar-refractivity contribution is 0.0996. The lowest BCUT2D eigenvalue weighted by Gasteiger charge is -2.23. The third-order valence-corrected chi connectivity index (χ3v) is 3.54. The monoisotopic (exact) mass is 262 g/mol. The molecule has 0 radical (unpaired) electrons. The van der Waals surface area contributed by atoms with E-state index in [9.17, 15) is 4.79 Å². The van der Waals surface area contributed by atoms with Crippen LogP contribution in [-0.2, 0) is 0 Å². The van der Waals surface area contributed by atoms with Crippen molar-refractivity contribution in [2.75, 3.05) is 13.2 Å². The van der Waals surface area contributed by atoms with Crippen LogP contribution in [0.3, 0.4) is 0 Å². The van der Waals surface area contributed by atoms with Gasteiger partial charge in [-0.1, -0.05) is 12.5 Å². The van der Waals surface area contributed by atoms with Gasteiger partial charge in [0.05, 0.1) is 12.2 Å². The van der Waals surface area contributed by atoms with Crippen LogP contribution in [0.2, 0.25) is 0 Å². The number of amides is 1. The Bertz CT molecular complexity index is 440. The maximum Gasteiger partial charge on any atom is 0.252 e. The van der Waals surface area contributed by atoms with E-state index in [0.717, 1.165) is 18.5 Å². The van der Waals surface area contributed by atoms with Crippen molar-refractivity contribution in [3.05, 3.63) is 29.3 Å². The van der Waals surface area contributed by atoms with Gasteiger partial charge in [-0.25, -0.2) is 0 Å². The van der Waals surface area contributed by atoms with Crippen molar-refractivity contribution in [3.63, 3.8) is 0 Å². The van der Waals surface area contributed by atoms with E-state index in [4.69, 9.17) is 10.5 Å². The molecule has 1 fully saturated rings. The lowest BCUT2D eigenvalue weighted by Crippen LogP contribution is -2.35. The molecule has 1 aliphatic rings. The highest BCUT2D eigenvalue weighted by atomic mass is 16.5. The lowest BCUT2D eigenvalue weighted by atomic mass is 10.0. The van der Waals surface area contributed by atoms with Crippen molar-refractivity contribution in [2.24, 2.45) is 5.73 Å². The molecular weight excluding hydrogens is 240 g/mol. The third-order valence-electron chi connectivity index (χ3n) is 3.54. The molecule has 19 heavy (non-hydrogen) atoms. The number of nitrogens with two attached hydrogens (primary N) is 1. The Morgan fingerprint density at radius 2 is 2.32 bits per heavy atom. The van der Waals surface area contributed by atoms with Crippen molar-refractivity contribution in [1.82, 2.24) is 5.32 Å². The molecule has 1 unspecified atom stereocenters. The Balaban J connectivity index is 1.91. The van der Waals surface area contributed by atoms with Crippen LogP contribution >= 0.6 is 0 Å². The van der Waals surface area contributed by atoms with E-state index in [1.807, 2.05) is 19.1 Å². The van der Waals surface area contributed by atoms with Crippen LogP contribution in [0, 0.1) is 6.92 Å². The van der Waals surface area contributed by atoms with Gasteiger partial charge >= 0.3 is 0 Å². The molecule has 2 rings (SSSR count). The molecule has 1 aromatic rings. The SMILES string of the molecule is Cc1ccc(C(N)=O)c(OCCC2CCCCN2)c1. The number of aryl methyl sites for hydroxylation is 1. The molecule has 1 heterocycles. The minimum Gasteiger partial charge on any atom is -0.493 e. The normalized spacial score (nSPS) is 19.1. The molecule has 4 heteroatoms. The molecule has 0 aliphatic carbocycles. The van der Waals surface area contributed by atoms with Crippen LogP contribution in [0.25, 0.3) is 0 Å². The molecule has 1 atom stereocenters. The fraction of sp³-hybridized carbons (Fsp3) is 0.533. The topological polar surface area (TPSA) is 64.4 Å². The summed E-state index contributed by atoms with van der Waals surface area (Å²) in [4.78, 5) is 11.3. The number of ether oxygens (including phenoxy) is 1. The fourth-order valence-corrected chi connectivity index (χ4v) is 2.43. The van der Waals surface area contributed by atoms with Gasteiger partial charge in [-0.2, -0.15) is 0 Å². The molecule has 1 amide bonds. The zero-order valence-electron chi connectivity index (χ0n) is 11.4. The summed E-state index contributed by atoms with van der Waals surface area (Å²) in [5.41, 5.74) is 6.87. The van der Waals surface area contributed by atoms with E-state index in [1.165, 1.54) is 19.3 Å². The summed E-state index contributed by atoms with van der Waals surface area (Å²) in [5, 5.41) is 3.48. The molecular formula is C15H22N2O2. The van der Waals surface area contributed by atoms with Gasteiger partial charge in [0.25, 0.3) is 5.91 Å². The van der Waals surface area contributed by atoms with Crippen LogP contribution in [0.1, 0.15) is 41.6 Å². The zero-order chi connectivity index (χ0) is 13.7. The van der Waals surface area contributed by atoms with Gasteiger partial charge < -0.3 is 15.8 Å². The molecule has 0 saturated carbocycles. The van der Waals surface area contributed by atoms with E-state index in [-0.39, 0.29) is 0 Å². The first-order valence-corrected chi connectivity index (χ1v) is 6.93. The van der Waals surface area contributed by atoms with Gasteiger partial charge in [-0.15, -0.1) is 0 Å². The van der Waals surface area contributed by atoms with E-state index in [0.29, 0.717) is 24.0 Å². The highest BCUT2D eigenvalue weighted by Crippen LogP contribution is 2.20. The van der Waals surface area contributed by atoms with Crippen molar-refractivity contribution in [3.8, 4) is 5.75 Å². The summed E-state index contributed by atoms with van der Waals surface area (Å²) in [7, 11) is 0. The largest absolute Gasteiger partial charge is 0.493 e. The average Bonchev–Trinajstić information content (AvgIpc) is 2.39. The van der Waals surface area contributed by atoms with Crippen molar-refractivity contribution < 1.29 is 9.53 Å². The summed E-state index contributed by atoms with van der Waals surface area (Å²) in [6, 6.07) is 6.01. The van der Waals surface area contributed by atoms with Gasteiger partial charge in [-0.05, 0) is 50.4 Å². The third kappa shape index (κ3) is 3.96. The molecule has 1 aromatic carbocycles. The number of piperidine rings is 1. The maximum atomic E-state index is 11.3. The fourth-order valence-electron chi connectivity index (χ4n) is 2.43. The minimum atomic E-state index is -0.439. The first-order chi connectivity index (χ1) is 9.16. The number of nitrogens with one attached hydrogen (secondary N) is 1. The second kappa shape index (κ2) is 6.57. The van der Waals surface area contributed by atoms with Gasteiger partial charge in [0.1, 0.15) is 5.75 Å². The summed E-state index contributed by atoms with van der Waals surface area (Å²) < 4.78 is 5.74. The van der Waals surface area contributed by atoms with Crippen molar-refractivity contribution in [2.45, 2.75) is 38.6 Å². The van der Waals surface area contributed by atoms with Crippen molar-refractivity contribution in [1.29, 1.82) is 0 Å². The molecule has 0 bridgehead atoms. The van der Waals surface area contributed by atoms with Crippen molar-refractivity contribution >= 4 is 5.91 Å². The van der Waals surface area contributed by atoms with Gasteiger partial charge in [-0.3, -0.25) is 4.79 Å². The molecule has 0 spiro atoms. The quantitative estimate of drug-likeness (QED) is 0.853. The number of hydrogen-bond donors (Lipinski definition) is 2. The Morgan fingerprint density at radius 1 is 1.47 bits per heavy atom. The van der Waals surface area contributed by atoms with Crippen LogP contribution < -0.4 is 15.8 Å². The smallest absolute Gasteiger partial charge is 0.252 e.